The second-order valence-electron chi connectivity index (χ2n) is 3.90. The SMILES string of the molecule is Nc1cnc2ccccc2c1Sc1nccc(=O)[nH]1. The van der Waals surface area contributed by atoms with E-state index >= 15 is 0 Å². The van der Waals surface area contributed by atoms with E-state index in [9.17, 15) is 4.79 Å². The van der Waals surface area contributed by atoms with Crippen LogP contribution >= 0.6 is 11.8 Å². The first-order valence-corrected chi connectivity index (χ1v) is 6.42. The van der Waals surface area contributed by atoms with Gasteiger partial charge in [-0.2, -0.15) is 0 Å². The summed E-state index contributed by atoms with van der Waals surface area (Å²) in [4.78, 5) is 23.2. The Bertz CT molecular complexity index is 800. The zero-order chi connectivity index (χ0) is 13.2. The van der Waals surface area contributed by atoms with Crippen molar-refractivity contribution in [2.75, 3.05) is 5.73 Å². The highest BCUT2D eigenvalue weighted by Gasteiger charge is 2.09. The molecule has 0 unspecified atom stereocenters. The van der Waals surface area contributed by atoms with Crippen LogP contribution in [0, 0.1) is 0 Å². The molecular formula is C13H10N4OS. The highest BCUT2D eigenvalue weighted by Crippen LogP contribution is 2.34. The Kier molecular flexibility index (Phi) is 2.92. The van der Waals surface area contributed by atoms with Crippen LogP contribution in [0.5, 0.6) is 0 Å². The van der Waals surface area contributed by atoms with Gasteiger partial charge in [0.2, 0.25) is 0 Å². The van der Waals surface area contributed by atoms with Crippen molar-refractivity contribution in [3.05, 3.63) is 53.1 Å². The highest BCUT2D eigenvalue weighted by atomic mass is 32.2. The Hall–Kier alpha value is -2.34. The molecule has 3 rings (SSSR count). The number of rotatable bonds is 2. The van der Waals surface area contributed by atoms with Gasteiger partial charge in [-0.3, -0.25) is 9.78 Å². The van der Waals surface area contributed by atoms with E-state index in [1.165, 1.54) is 24.0 Å². The Morgan fingerprint density at radius 3 is 2.84 bits per heavy atom. The molecule has 0 amide bonds. The summed E-state index contributed by atoms with van der Waals surface area (Å²) in [5.74, 6) is 0. The van der Waals surface area contributed by atoms with E-state index in [1.54, 1.807) is 6.20 Å². The van der Waals surface area contributed by atoms with Crippen LogP contribution in [0.3, 0.4) is 0 Å². The molecular weight excluding hydrogens is 260 g/mol. The molecule has 2 aromatic heterocycles. The molecule has 6 heteroatoms. The number of pyridine rings is 1. The van der Waals surface area contributed by atoms with Gasteiger partial charge in [-0.25, -0.2) is 4.98 Å². The minimum absolute atomic E-state index is 0.186. The van der Waals surface area contributed by atoms with Gasteiger partial charge in [0.15, 0.2) is 5.16 Å². The fourth-order valence-electron chi connectivity index (χ4n) is 1.75. The van der Waals surface area contributed by atoms with Gasteiger partial charge in [0.1, 0.15) is 0 Å². The van der Waals surface area contributed by atoms with Crippen LogP contribution in [-0.2, 0) is 0 Å². The van der Waals surface area contributed by atoms with Crippen molar-refractivity contribution in [1.29, 1.82) is 0 Å². The number of nitrogen functional groups attached to an aromatic ring is 1. The molecule has 0 spiro atoms. The zero-order valence-electron chi connectivity index (χ0n) is 9.83. The molecule has 0 atom stereocenters. The molecule has 19 heavy (non-hydrogen) atoms. The second kappa shape index (κ2) is 4.74. The fraction of sp³-hybridized carbons (Fsp3) is 0. The number of hydrogen-bond donors (Lipinski definition) is 2. The minimum Gasteiger partial charge on any atom is -0.397 e. The lowest BCUT2D eigenvalue weighted by atomic mass is 10.2. The van der Waals surface area contributed by atoms with E-state index in [0.29, 0.717) is 10.8 Å². The summed E-state index contributed by atoms with van der Waals surface area (Å²) in [6, 6.07) is 9.08. The van der Waals surface area contributed by atoms with E-state index < -0.39 is 0 Å². The van der Waals surface area contributed by atoms with Gasteiger partial charge in [-0.15, -0.1) is 0 Å². The Balaban J connectivity index is 2.14. The van der Waals surface area contributed by atoms with E-state index in [0.717, 1.165) is 15.8 Å². The van der Waals surface area contributed by atoms with E-state index in [2.05, 4.69) is 15.0 Å². The number of aromatic amines is 1. The van der Waals surface area contributed by atoms with Gasteiger partial charge in [0, 0.05) is 22.5 Å². The summed E-state index contributed by atoms with van der Waals surface area (Å²) >= 11 is 1.33. The number of para-hydroxylation sites is 1. The predicted molar refractivity (Wildman–Crippen MR) is 75.1 cm³/mol. The number of nitrogens with one attached hydrogen (secondary N) is 1. The maximum absolute atomic E-state index is 11.3. The normalized spacial score (nSPS) is 10.7. The molecule has 3 aromatic rings. The number of aromatic nitrogens is 3. The van der Waals surface area contributed by atoms with Crippen molar-refractivity contribution in [2.24, 2.45) is 0 Å². The van der Waals surface area contributed by atoms with E-state index in [1.807, 2.05) is 24.3 Å². The fourth-order valence-corrected chi connectivity index (χ4v) is 2.66. The zero-order valence-corrected chi connectivity index (χ0v) is 10.6. The van der Waals surface area contributed by atoms with Crippen molar-refractivity contribution >= 4 is 28.4 Å². The third kappa shape index (κ3) is 2.30. The van der Waals surface area contributed by atoms with Gasteiger partial charge in [-0.1, -0.05) is 18.2 Å². The van der Waals surface area contributed by atoms with Crippen LogP contribution in [0.15, 0.2) is 57.6 Å². The molecule has 2 heterocycles. The predicted octanol–water partition coefficient (Wildman–Crippen LogP) is 2.05. The summed E-state index contributed by atoms with van der Waals surface area (Å²) in [5, 5.41) is 1.45. The molecule has 5 nitrogen and oxygen atoms in total. The number of anilines is 1. The number of H-pyrrole nitrogens is 1. The Morgan fingerprint density at radius 2 is 2.00 bits per heavy atom. The number of fused-ring (bicyclic) bond motifs is 1. The third-order valence-corrected chi connectivity index (χ3v) is 3.66. The quantitative estimate of drug-likeness (QED) is 0.696. The number of benzene rings is 1. The molecule has 3 N–H and O–H groups in total. The summed E-state index contributed by atoms with van der Waals surface area (Å²) < 4.78 is 0. The smallest absolute Gasteiger partial charge is 0.251 e. The first kappa shape index (κ1) is 11.7. The van der Waals surface area contributed by atoms with Crippen LogP contribution in [0.4, 0.5) is 5.69 Å². The van der Waals surface area contributed by atoms with Gasteiger partial charge in [0.25, 0.3) is 5.56 Å². The maximum atomic E-state index is 11.3. The molecule has 94 valence electrons. The molecule has 0 bridgehead atoms. The monoisotopic (exact) mass is 270 g/mol. The average molecular weight is 270 g/mol. The van der Waals surface area contributed by atoms with Crippen LogP contribution in [0.2, 0.25) is 0 Å². The van der Waals surface area contributed by atoms with Crippen molar-refractivity contribution in [3.8, 4) is 0 Å². The van der Waals surface area contributed by atoms with Crippen molar-refractivity contribution in [1.82, 2.24) is 15.0 Å². The number of nitrogens with two attached hydrogens (primary N) is 1. The lowest BCUT2D eigenvalue weighted by Crippen LogP contribution is -2.05. The van der Waals surface area contributed by atoms with Crippen LogP contribution in [-0.4, -0.2) is 15.0 Å². The van der Waals surface area contributed by atoms with Gasteiger partial charge in [0.05, 0.1) is 17.4 Å². The lowest BCUT2D eigenvalue weighted by Gasteiger charge is -2.07. The Labute approximate surface area is 112 Å². The molecule has 0 radical (unpaired) electrons. The molecule has 0 aliphatic heterocycles. The standard InChI is InChI=1S/C13H10N4OS/c14-9-7-16-10-4-2-1-3-8(10)12(9)19-13-15-6-5-11(18)17-13/h1-7H,14H2,(H,15,17,18). The first-order chi connectivity index (χ1) is 9.24. The molecule has 0 fully saturated rings. The van der Waals surface area contributed by atoms with Gasteiger partial charge < -0.3 is 10.7 Å². The molecule has 0 aliphatic carbocycles. The largest absolute Gasteiger partial charge is 0.397 e. The van der Waals surface area contributed by atoms with Crippen LogP contribution < -0.4 is 11.3 Å². The first-order valence-electron chi connectivity index (χ1n) is 5.60. The minimum atomic E-state index is -0.186. The maximum Gasteiger partial charge on any atom is 0.251 e. The number of nitrogens with zero attached hydrogens (tertiary/aromatic N) is 2. The van der Waals surface area contributed by atoms with Gasteiger partial charge in [-0.05, 0) is 17.8 Å². The number of hydrogen-bond acceptors (Lipinski definition) is 5. The molecule has 0 saturated carbocycles. The lowest BCUT2D eigenvalue weighted by molar-refractivity contribution is 0.937. The summed E-state index contributed by atoms with van der Waals surface area (Å²) in [5.41, 5.74) is 7.21. The van der Waals surface area contributed by atoms with Crippen molar-refractivity contribution in [2.45, 2.75) is 10.1 Å². The summed E-state index contributed by atoms with van der Waals surface area (Å²) in [6.07, 6.45) is 3.09. The highest BCUT2D eigenvalue weighted by molar-refractivity contribution is 7.99. The average Bonchev–Trinajstić information content (AvgIpc) is 2.42. The topological polar surface area (TPSA) is 84.7 Å². The third-order valence-electron chi connectivity index (χ3n) is 2.60. The molecule has 1 aromatic carbocycles. The molecule has 0 aliphatic rings. The van der Waals surface area contributed by atoms with Crippen molar-refractivity contribution in [3.63, 3.8) is 0 Å². The molecule has 0 saturated heterocycles. The van der Waals surface area contributed by atoms with E-state index in [-0.39, 0.29) is 5.56 Å². The van der Waals surface area contributed by atoms with Gasteiger partial charge >= 0.3 is 0 Å². The summed E-state index contributed by atoms with van der Waals surface area (Å²) in [7, 11) is 0. The van der Waals surface area contributed by atoms with E-state index in [4.69, 9.17) is 5.73 Å². The summed E-state index contributed by atoms with van der Waals surface area (Å²) in [6.45, 7) is 0. The van der Waals surface area contributed by atoms with Crippen LogP contribution in [0.1, 0.15) is 0 Å². The van der Waals surface area contributed by atoms with Crippen LogP contribution in [0.25, 0.3) is 10.9 Å². The second-order valence-corrected chi connectivity index (χ2v) is 4.90. The van der Waals surface area contributed by atoms with Crippen molar-refractivity contribution < 1.29 is 0 Å². The Morgan fingerprint density at radius 1 is 1.16 bits per heavy atom.